The van der Waals surface area contributed by atoms with Crippen LogP contribution in [0.15, 0.2) is 42.0 Å². The molecule has 1 aliphatic rings. The molecule has 1 aliphatic heterocycles. The van der Waals surface area contributed by atoms with Crippen LogP contribution in [0.25, 0.3) is 20.4 Å². The summed E-state index contributed by atoms with van der Waals surface area (Å²) < 4.78 is 14.1. The molecule has 1 N–H and O–H groups in total. The normalized spacial score (nSPS) is 20.5. The van der Waals surface area contributed by atoms with Crippen LogP contribution in [0.5, 0.6) is 0 Å². The van der Waals surface area contributed by atoms with Crippen molar-refractivity contribution in [3.63, 3.8) is 0 Å². The number of piperidine rings is 1. The van der Waals surface area contributed by atoms with Gasteiger partial charge in [-0.1, -0.05) is 0 Å². The van der Waals surface area contributed by atoms with Crippen LogP contribution in [-0.2, 0) is 0 Å². The summed E-state index contributed by atoms with van der Waals surface area (Å²) in [4.78, 5) is 13.7. The topological polar surface area (TPSA) is 41.1 Å². The first-order valence-corrected chi connectivity index (χ1v) is 11.7. The number of rotatable bonds is 5. The highest BCUT2D eigenvalue weighted by Gasteiger charge is 2.30. The van der Waals surface area contributed by atoms with Gasteiger partial charge in [-0.25, -0.2) is 14.4 Å². The number of anilines is 2. The van der Waals surface area contributed by atoms with Gasteiger partial charge in [-0.3, -0.25) is 4.90 Å². The Morgan fingerprint density at radius 2 is 2.17 bits per heavy atom. The minimum absolute atomic E-state index is 0.275. The molecule has 29 heavy (non-hydrogen) atoms. The number of fused-ring (bicyclic) bond motifs is 2. The number of benzene rings is 1. The van der Waals surface area contributed by atoms with Gasteiger partial charge >= 0.3 is 0 Å². The Morgan fingerprint density at radius 1 is 1.24 bits per heavy atom. The molecule has 3 aromatic heterocycles. The lowest BCUT2D eigenvalue weighted by Gasteiger charge is -2.38. The van der Waals surface area contributed by atoms with E-state index in [0.717, 1.165) is 46.5 Å². The molecule has 1 aromatic carbocycles. The molecule has 7 heteroatoms. The molecule has 1 saturated heterocycles. The van der Waals surface area contributed by atoms with Gasteiger partial charge in [0.2, 0.25) is 0 Å². The number of alkyl halides is 1. The van der Waals surface area contributed by atoms with Crippen LogP contribution < -0.4 is 5.32 Å². The number of thiophene rings is 1. The van der Waals surface area contributed by atoms with Gasteiger partial charge in [0.25, 0.3) is 0 Å². The lowest BCUT2D eigenvalue weighted by molar-refractivity contribution is 0.130. The Labute approximate surface area is 177 Å². The van der Waals surface area contributed by atoms with E-state index in [1.807, 2.05) is 17.8 Å². The van der Waals surface area contributed by atoms with Crippen LogP contribution in [0.4, 0.5) is 15.8 Å². The predicted molar refractivity (Wildman–Crippen MR) is 122 cm³/mol. The molecule has 0 aliphatic carbocycles. The van der Waals surface area contributed by atoms with E-state index in [2.05, 4.69) is 51.4 Å². The maximum Gasteiger partial charge on any atom is 0.125 e. The number of nitrogens with zero attached hydrogens (tertiary/aromatic N) is 3. The zero-order valence-corrected chi connectivity index (χ0v) is 17.9. The van der Waals surface area contributed by atoms with Crippen LogP contribution in [0, 0.1) is 0 Å². The lowest BCUT2D eigenvalue weighted by Crippen LogP contribution is -2.43. The van der Waals surface area contributed by atoms with Crippen LogP contribution >= 0.6 is 22.7 Å². The zero-order valence-electron chi connectivity index (χ0n) is 16.3. The molecule has 2 atom stereocenters. The monoisotopic (exact) mass is 426 g/mol. The second-order valence-electron chi connectivity index (χ2n) is 7.60. The van der Waals surface area contributed by atoms with Gasteiger partial charge in [0, 0.05) is 40.7 Å². The summed E-state index contributed by atoms with van der Waals surface area (Å²) in [6.45, 7) is 3.49. The number of hydrogen-bond donors (Lipinski definition) is 1. The van der Waals surface area contributed by atoms with Gasteiger partial charge in [0.05, 0.1) is 21.4 Å². The van der Waals surface area contributed by atoms with Gasteiger partial charge in [-0.15, -0.1) is 22.7 Å². The number of pyridine rings is 1. The number of thiazole rings is 1. The zero-order chi connectivity index (χ0) is 19.8. The first kappa shape index (κ1) is 18.9. The summed E-state index contributed by atoms with van der Waals surface area (Å²) in [6.07, 6.45) is 4.14. The third-order valence-electron chi connectivity index (χ3n) is 5.92. The fourth-order valence-electron chi connectivity index (χ4n) is 4.36. The number of nitrogens with one attached hydrogen (secondary N) is 1. The van der Waals surface area contributed by atoms with E-state index in [0.29, 0.717) is 18.5 Å². The average Bonchev–Trinajstić information content (AvgIpc) is 3.36. The number of likely N-dealkylation sites (tertiary alicyclic amines) is 1. The van der Waals surface area contributed by atoms with Crippen molar-refractivity contribution < 1.29 is 4.39 Å². The Bertz CT molecular complexity index is 1140. The second kappa shape index (κ2) is 7.97. The highest BCUT2D eigenvalue weighted by molar-refractivity contribution is 7.18. The number of aromatic nitrogens is 2. The first-order chi connectivity index (χ1) is 14.2. The largest absolute Gasteiger partial charge is 0.355 e. The molecule has 4 aromatic rings. The van der Waals surface area contributed by atoms with E-state index in [1.165, 1.54) is 9.58 Å². The summed E-state index contributed by atoms with van der Waals surface area (Å²) in [5.41, 5.74) is 4.99. The molecule has 4 nitrogen and oxygen atoms in total. The Morgan fingerprint density at radius 3 is 3.07 bits per heavy atom. The minimum Gasteiger partial charge on any atom is -0.355 e. The van der Waals surface area contributed by atoms with Crippen LogP contribution in [0.2, 0.25) is 0 Å². The summed E-state index contributed by atoms with van der Waals surface area (Å²) in [6, 6.07) is 11.0. The van der Waals surface area contributed by atoms with E-state index in [-0.39, 0.29) is 6.67 Å². The Balaban J connectivity index is 1.46. The fourth-order valence-corrected chi connectivity index (χ4v) is 6.28. The van der Waals surface area contributed by atoms with Gasteiger partial charge in [0.15, 0.2) is 0 Å². The summed E-state index contributed by atoms with van der Waals surface area (Å²) >= 11 is 3.43. The van der Waals surface area contributed by atoms with Crippen molar-refractivity contribution in [2.75, 3.05) is 25.1 Å². The molecule has 0 spiro atoms. The van der Waals surface area contributed by atoms with E-state index < -0.39 is 0 Å². The summed E-state index contributed by atoms with van der Waals surface area (Å²) in [5.74, 6) is 0.439. The standard InChI is InChI=1S/C22H23FN4S2/c1-14-16(3-2-9-27(14)10-7-23)21-12-17-18(6-8-24-22(17)29-21)26-15-4-5-20-19(11-15)25-13-28-20/h4-6,8,11-14,16H,2-3,7,9-10H2,1H3,(H,24,26). The maximum absolute atomic E-state index is 12.9. The van der Waals surface area contributed by atoms with E-state index in [1.54, 1.807) is 22.7 Å². The Hall–Kier alpha value is -2.09. The van der Waals surface area contributed by atoms with Crippen molar-refractivity contribution in [1.82, 2.24) is 14.9 Å². The van der Waals surface area contributed by atoms with Gasteiger partial charge in [0.1, 0.15) is 11.5 Å². The van der Waals surface area contributed by atoms with Crippen molar-refractivity contribution in [2.45, 2.75) is 31.7 Å². The van der Waals surface area contributed by atoms with E-state index in [9.17, 15) is 4.39 Å². The molecule has 0 saturated carbocycles. The third-order valence-corrected chi connectivity index (χ3v) is 7.90. The molecular weight excluding hydrogens is 403 g/mol. The van der Waals surface area contributed by atoms with E-state index >= 15 is 0 Å². The smallest absolute Gasteiger partial charge is 0.125 e. The van der Waals surface area contributed by atoms with Gasteiger partial charge in [-0.2, -0.15) is 0 Å². The number of hydrogen-bond acceptors (Lipinski definition) is 6. The predicted octanol–water partition coefficient (Wildman–Crippen LogP) is 6.19. The van der Waals surface area contributed by atoms with Crippen molar-refractivity contribution in [3.05, 3.63) is 46.9 Å². The molecular formula is C22H23FN4S2. The van der Waals surface area contributed by atoms with Crippen molar-refractivity contribution in [2.24, 2.45) is 0 Å². The SMILES string of the molecule is CC1C(c2cc3c(Nc4ccc5scnc5c4)ccnc3s2)CCCN1CCF. The average molecular weight is 427 g/mol. The molecule has 2 unspecified atom stereocenters. The van der Waals surface area contributed by atoms with Crippen molar-refractivity contribution in [1.29, 1.82) is 0 Å². The minimum atomic E-state index is -0.275. The Kier molecular flexibility index (Phi) is 5.20. The highest BCUT2D eigenvalue weighted by atomic mass is 32.1. The first-order valence-electron chi connectivity index (χ1n) is 10.0. The number of halogens is 1. The van der Waals surface area contributed by atoms with Crippen LogP contribution in [0.1, 0.15) is 30.6 Å². The quantitative estimate of drug-likeness (QED) is 0.413. The molecule has 150 valence electrons. The molecule has 0 radical (unpaired) electrons. The third kappa shape index (κ3) is 3.63. The summed E-state index contributed by atoms with van der Waals surface area (Å²) in [7, 11) is 0. The molecule has 4 heterocycles. The fraction of sp³-hybridized carbons (Fsp3) is 0.364. The van der Waals surface area contributed by atoms with E-state index in [4.69, 9.17) is 0 Å². The highest BCUT2D eigenvalue weighted by Crippen LogP contribution is 2.40. The van der Waals surface area contributed by atoms with Gasteiger partial charge < -0.3 is 5.32 Å². The van der Waals surface area contributed by atoms with Crippen molar-refractivity contribution in [3.8, 4) is 0 Å². The van der Waals surface area contributed by atoms with Gasteiger partial charge in [-0.05, 0) is 56.6 Å². The maximum atomic E-state index is 12.9. The summed E-state index contributed by atoms with van der Waals surface area (Å²) in [5, 5.41) is 4.71. The molecule has 0 amide bonds. The lowest BCUT2D eigenvalue weighted by atomic mass is 9.88. The molecule has 5 rings (SSSR count). The van der Waals surface area contributed by atoms with Crippen LogP contribution in [-0.4, -0.2) is 40.7 Å². The van der Waals surface area contributed by atoms with Crippen LogP contribution in [0.3, 0.4) is 0 Å². The molecule has 0 bridgehead atoms. The van der Waals surface area contributed by atoms with Crippen molar-refractivity contribution >= 4 is 54.5 Å². The molecule has 1 fully saturated rings. The second-order valence-corrected chi connectivity index (χ2v) is 9.55.